The summed E-state index contributed by atoms with van der Waals surface area (Å²) in [5.41, 5.74) is 8.10. The smallest absolute Gasteiger partial charge is 0.215 e. The van der Waals surface area contributed by atoms with Crippen molar-refractivity contribution in [3.63, 3.8) is 0 Å². The molecule has 0 saturated carbocycles. The zero-order chi connectivity index (χ0) is 12.5. The number of pyridine rings is 1. The van der Waals surface area contributed by atoms with Crippen LogP contribution < -0.4 is 15.4 Å². The molecule has 2 aromatic heterocycles. The molecule has 0 bridgehead atoms. The molecule has 5 heteroatoms. The lowest BCUT2D eigenvalue weighted by Crippen LogP contribution is -2.30. The van der Waals surface area contributed by atoms with Gasteiger partial charge in [-0.25, -0.2) is 0 Å². The summed E-state index contributed by atoms with van der Waals surface area (Å²) in [6.07, 6.45) is 1.06. The van der Waals surface area contributed by atoms with Crippen molar-refractivity contribution in [1.82, 2.24) is 4.98 Å². The van der Waals surface area contributed by atoms with Crippen LogP contribution in [0.1, 0.15) is 10.4 Å². The van der Waals surface area contributed by atoms with Gasteiger partial charge in [0.25, 0.3) is 0 Å². The van der Waals surface area contributed by atoms with E-state index in [1.54, 1.807) is 13.2 Å². The molecular formula is C13H15N3OS. The fourth-order valence-corrected chi connectivity index (χ4v) is 3.13. The summed E-state index contributed by atoms with van der Waals surface area (Å²) in [6, 6.07) is 5.83. The van der Waals surface area contributed by atoms with Crippen LogP contribution in [-0.2, 0) is 13.0 Å². The van der Waals surface area contributed by atoms with Gasteiger partial charge in [-0.05, 0) is 29.5 Å². The lowest BCUT2D eigenvalue weighted by Gasteiger charge is -2.29. The molecule has 0 radical (unpaired) electrons. The van der Waals surface area contributed by atoms with Crippen LogP contribution >= 0.6 is 11.3 Å². The SMILES string of the molecule is COc1ccc(N)c(N2CCc3sccc3C2)n1. The summed E-state index contributed by atoms with van der Waals surface area (Å²) in [6.45, 7) is 1.83. The zero-order valence-electron chi connectivity index (χ0n) is 10.2. The average Bonchev–Trinajstić information content (AvgIpc) is 2.86. The third kappa shape index (κ3) is 1.90. The highest BCUT2D eigenvalue weighted by Gasteiger charge is 2.20. The number of hydrogen-bond acceptors (Lipinski definition) is 5. The molecule has 0 amide bonds. The molecule has 1 aliphatic rings. The van der Waals surface area contributed by atoms with E-state index in [-0.39, 0.29) is 0 Å². The summed E-state index contributed by atoms with van der Waals surface area (Å²) in [4.78, 5) is 8.15. The lowest BCUT2D eigenvalue weighted by atomic mass is 10.1. The third-order valence-corrected chi connectivity index (χ3v) is 4.22. The average molecular weight is 261 g/mol. The monoisotopic (exact) mass is 261 g/mol. The molecule has 0 unspecified atom stereocenters. The fourth-order valence-electron chi connectivity index (χ4n) is 2.24. The third-order valence-electron chi connectivity index (χ3n) is 3.20. The van der Waals surface area contributed by atoms with Crippen LogP contribution in [0, 0.1) is 0 Å². The number of aromatic nitrogens is 1. The Kier molecular flexibility index (Phi) is 2.83. The molecule has 18 heavy (non-hydrogen) atoms. The summed E-state index contributed by atoms with van der Waals surface area (Å²) < 4.78 is 5.16. The van der Waals surface area contributed by atoms with Crippen molar-refractivity contribution in [3.05, 3.63) is 34.0 Å². The number of methoxy groups -OCH3 is 1. The van der Waals surface area contributed by atoms with Gasteiger partial charge in [0.2, 0.25) is 5.88 Å². The molecule has 2 N–H and O–H groups in total. The second-order valence-corrected chi connectivity index (χ2v) is 5.31. The number of fused-ring (bicyclic) bond motifs is 1. The minimum atomic E-state index is 0.607. The van der Waals surface area contributed by atoms with Gasteiger partial charge in [0.05, 0.1) is 12.8 Å². The maximum absolute atomic E-state index is 6.01. The van der Waals surface area contributed by atoms with Crippen LogP contribution in [0.15, 0.2) is 23.6 Å². The fraction of sp³-hybridized carbons (Fsp3) is 0.308. The van der Waals surface area contributed by atoms with E-state index >= 15 is 0 Å². The van der Waals surface area contributed by atoms with Crippen LogP contribution in [0.4, 0.5) is 11.5 Å². The van der Waals surface area contributed by atoms with Gasteiger partial charge in [-0.1, -0.05) is 0 Å². The molecule has 3 heterocycles. The Morgan fingerprint density at radius 1 is 1.39 bits per heavy atom. The van der Waals surface area contributed by atoms with Crippen LogP contribution in [0.2, 0.25) is 0 Å². The summed E-state index contributed by atoms with van der Waals surface area (Å²) in [7, 11) is 1.62. The van der Waals surface area contributed by atoms with Gasteiger partial charge in [0.15, 0.2) is 5.82 Å². The highest BCUT2D eigenvalue weighted by atomic mass is 32.1. The standard InChI is InChI=1S/C13H15N3OS/c1-17-12-3-2-10(14)13(15-12)16-6-4-11-9(8-16)5-7-18-11/h2-3,5,7H,4,6,8,14H2,1H3. The Hall–Kier alpha value is -1.75. The van der Waals surface area contributed by atoms with Crippen LogP contribution in [0.25, 0.3) is 0 Å². The van der Waals surface area contributed by atoms with Gasteiger partial charge in [-0.2, -0.15) is 4.98 Å². The van der Waals surface area contributed by atoms with E-state index in [0.717, 1.165) is 25.3 Å². The largest absolute Gasteiger partial charge is 0.481 e. The van der Waals surface area contributed by atoms with Crippen molar-refractivity contribution in [1.29, 1.82) is 0 Å². The van der Waals surface area contributed by atoms with Crippen molar-refractivity contribution in [2.24, 2.45) is 0 Å². The highest BCUT2D eigenvalue weighted by molar-refractivity contribution is 7.10. The molecule has 2 aromatic rings. The zero-order valence-corrected chi connectivity index (χ0v) is 11.0. The second kappa shape index (κ2) is 4.49. The maximum Gasteiger partial charge on any atom is 0.215 e. The number of ether oxygens (including phenoxy) is 1. The summed E-state index contributed by atoms with van der Waals surface area (Å²) in [5.74, 6) is 1.43. The molecule has 4 nitrogen and oxygen atoms in total. The Labute approximate surface area is 110 Å². The maximum atomic E-state index is 6.01. The first-order valence-corrected chi connectivity index (χ1v) is 6.76. The number of anilines is 2. The first-order valence-electron chi connectivity index (χ1n) is 5.88. The molecule has 0 fully saturated rings. The summed E-state index contributed by atoms with van der Waals surface area (Å²) in [5, 5.41) is 2.15. The van der Waals surface area contributed by atoms with Crippen LogP contribution in [0.3, 0.4) is 0 Å². The Balaban J connectivity index is 1.92. The second-order valence-electron chi connectivity index (χ2n) is 4.31. The molecular weight excluding hydrogens is 246 g/mol. The minimum Gasteiger partial charge on any atom is -0.481 e. The van der Waals surface area contributed by atoms with Gasteiger partial charge in [0.1, 0.15) is 0 Å². The van der Waals surface area contributed by atoms with Crippen molar-refractivity contribution >= 4 is 22.8 Å². The molecule has 0 atom stereocenters. The van der Waals surface area contributed by atoms with Gasteiger partial charge in [0, 0.05) is 24.0 Å². The molecule has 3 rings (SSSR count). The lowest BCUT2D eigenvalue weighted by molar-refractivity contribution is 0.398. The number of nitrogen functional groups attached to an aromatic ring is 1. The quantitative estimate of drug-likeness (QED) is 0.901. The van der Waals surface area contributed by atoms with Crippen molar-refractivity contribution in [3.8, 4) is 5.88 Å². The first kappa shape index (κ1) is 11.3. The van der Waals surface area contributed by atoms with Crippen molar-refractivity contribution in [2.45, 2.75) is 13.0 Å². The van der Waals surface area contributed by atoms with Crippen LogP contribution in [-0.4, -0.2) is 18.6 Å². The molecule has 0 aliphatic carbocycles. The van der Waals surface area contributed by atoms with E-state index in [4.69, 9.17) is 10.5 Å². The molecule has 94 valence electrons. The van der Waals surface area contributed by atoms with E-state index in [1.807, 2.05) is 17.4 Å². The van der Waals surface area contributed by atoms with Gasteiger partial charge < -0.3 is 15.4 Å². The Bertz CT molecular complexity index is 567. The number of nitrogens with zero attached hydrogens (tertiary/aromatic N) is 2. The minimum absolute atomic E-state index is 0.607. The number of thiophene rings is 1. The predicted molar refractivity (Wildman–Crippen MR) is 74.3 cm³/mol. The van der Waals surface area contributed by atoms with E-state index in [0.29, 0.717) is 11.6 Å². The number of hydrogen-bond donors (Lipinski definition) is 1. The van der Waals surface area contributed by atoms with E-state index < -0.39 is 0 Å². The molecule has 0 spiro atoms. The number of nitrogens with two attached hydrogens (primary N) is 1. The topological polar surface area (TPSA) is 51.4 Å². The van der Waals surface area contributed by atoms with E-state index in [1.165, 1.54) is 10.4 Å². The molecule has 1 aliphatic heterocycles. The van der Waals surface area contributed by atoms with E-state index in [2.05, 4.69) is 21.3 Å². The van der Waals surface area contributed by atoms with Crippen molar-refractivity contribution < 1.29 is 4.74 Å². The van der Waals surface area contributed by atoms with Gasteiger partial charge in [-0.15, -0.1) is 11.3 Å². The van der Waals surface area contributed by atoms with Gasteiger partial charge >= 0.3 is 0 Å². The van der Waals surface area contributed by atoms with Crippen molar-refractivity contribution in [2.75, 3.05) is 24.3 Å². The summed E-state index contributed by atoms with van der Waals surface area (Å²) >= 11 is 1.83. The Morgan fingerprint density at radius 3 is 3.11 bits per heavy atom. The number of rotatable bonds is 2. The van der Waals surface area contributed by atoms with Crippen LogP contribution in [0.5, 0.6) is 5.88 Å². The van der Waals surface area contributed by atoms with E-state index in [9.17, 15) is 0 Å². The molecule has 0 aromatic carbocycles. The molecule has 0 saturated heterocycles. The Morgan fingerprint density at radius 2 is 2.28 bits per heavy atom. The normalized spacial score (nSPS) is 14.4. The first-order chi connectivity index (χ1) is 8.78. The van der Waals surface area contributed by atoms with Gasteiger partial charge in [-0.3, -0.25) is 0 Å². The predicted octanol–water partition coefficient (Wildman–Crippen LogP) is 2.30. The highest BCUT2D eigenvalue weighted by Crippen LogP contribution is 2.30.